The summed E-state index contributed by atoms with van der Waals surface area (Å²) in [4.78, 5) is 28.1. The topological polar surface area (TPSA) is 94.8 Å². The van der Waals surface area contributed by atoms with Crippen molar-refractivity contribution in [1.29, 1.82) is 0 Å². The maximum absolute atomic E-state index is 13.2. The Bertz CT molecular complexity index is 1080. The van der Waals surface area contributed by atoms with Crippen LogP contribution in [0, 0.1) is 0 Å². The van der Waals surface area contributed by atoms with Crippen molar-refractivity contribution in [2.75, 3.05) is 6.54 Å². The maximum Gasteiger partial charge on any atom is 0.284 e. The molecule has 0 radical (unpaired) electrons. The van der Waals surface area contributed by atoms with E-state index >= 15 is 0 Å². The number of nitrogens with one attached hydrogen (secondary N) is 1. The number of aromatic nitrogens is 1. The maximum atomic E-state index is 13.2. The molecule has 0 fully saturated rings. The number of hydroxylamine groups is 1. The molecule has 1 atom stereocenters. The van der Waals surface area contributed by atoms with Crippen molar-refractivity contribution in [1.82, 2.24) is 14.9 Å². The fourth-order valence-electron chi connectivity index (χ4n) is 3.67. The smallest absolute Gasteiger partial charge is 0.284 e. The Morgan fingerprint density at radius 1 is 1.25 bits per heavy atom. The number of carbonyl (C=O) groups is 2. The predicted octanol–water partition coefficient (Wildman–Crippen LogP) is 2.61. The summed E-state index contributed by atoms with van der Waals surface area (Å²) in [5.41, 5.74) is 4.93. The Morgan fingerprint density at radius 3 is 2.75 bits per heavy atom. The molecule has 8 heteroatoms. The van der Waals surface area contributed by atoms with Gasteiger partial charge < -0.3 is 14.6 Å². The first-order valence-electron chi connectivity index (χ1n) is 9.01. The molecule has 0 aliphatic carbocycles. The molecule has 2 aromatic heterocycles. The molecule has 0 saturated carbocycles. The number of aryl methyl sites for hydroxylation is 1. The summed E-state index contributed by atoms with van der Waals surface area (Å²) in [7, 11) is 1.86. The van der Waals surface area contributed by atoms with Crippen LogP contribution in [-0.2, 0) is 20.0 Å². The lowest BCUT2D eigenvalue weighted by Crippen LogP contribution is -2.36. The summed E-state index contributed by atoms with van der Waals surface area (Å²) in [6.45, 7) is 2.73. The summed E-state index contributed by atoms with van der Waals surface area (Å²) in [5.74, 6) is -0.595. The van der Waals surface area contributed by atoms with Gasteiger partial charge in [-0.05, 0) is 48.7 Å². The minimum Gasteiger partial charge on any atom is -0.389 e. The van der Waals surface area contributed by atoms with Gasteiger partial charge >= 0.3 is 0 Å². The SMILES string of the molecule is CC(O)c1ccc2c(c1)cc(C(=O)N1CCc3sc(C(=O)NO)cc3C1)n2C. The van der Waals surface area contributed by atoms with E-state index in [2.05, 4.69) is 0 Å². The fourth-order valence-corrected chi connectivity index (χ4v) is 4.72. The Morgan fingerprint density at radius 2 is 2.04 bits per heavy atom. The lowest BCUT2D eigenvalue weighted by atomic mass is 10.1. The number of carbonyl (C=O) groups excluding carboxylic acids is 2. The van der Waals surface area contributed by atoms with E-state index in [-0.39, 0.29) is 5.91 Å². The zero-order valence-electron chi connectivity index (χ0n) is 15.6. The van der Waals surface area contributed by atoms with Crippen LogP contribution in [-0.4, -0.2) is 38.1 Å². The molecule has 1 aliphatic rings. The van der Waals surface area contributed by atoms with Gasteiger partial charge in [0.25, 0.3) is 11.8 Å². The van der Waals surface area contributed by atoms with Crippen LogP contribution in [0.3, 0.4) is 0 Å². The van der Waals surface area contributed by atoms with Gasteiger partial charge in [0.05, 0.1) is 11.0 Å². The molecule has 4 rings (SSSR count). The number of amides is 2. The normalized spacial score (nSPS) is 14.8. The summed E-state index contributed by atoms with van der Waals surface area (Å²) in [6.07, 6.45) is 0.119. The Hall–Kier alpha value is -2.68. The van der Waals surface area contributed by atoms with E-state index in [9.17, 15) is 14.7 Å². The van der Waals surface area contributed by atoms with Crippen LogP contribution >= 0.6 is 11.3 Å². The molecule has 3 aromatic rings. The molecule has 3 heterocycles. The molecule has 7 nitrogen and oxygen atoms in total. The van der Waals surface area contributed by atoms with Gasteiger partial charge in [0.1, 0.15) is 5.69 Å². The van der Waals surface area contributed by atoms with Crippen LogP contribution in [0.5, 0.6) is 0 Å². The fraction of sp³-hybridized carbons (Fsp3) is 0.300. The van der Waals surface area contributed by atoms with Gasteiger partial charge in [-0.25, -0.2) is 5.48 Å². The average molecular weight is 399 g/mol. The summed E-state index contributed by atoms with van der Waals surface area (Å²) in [6, 6.07) is 9.29. The van der Waals surface area contributed by atoms with Crippen molar-refractivity contribution < 1.29 is 19.9 Å². The van der Waals surface area contributed by atoms with Gasteiger partial charge in [0.2, 0.25) is 0 Å². The summed E-state index contributed by atoms with van der Waals surface area (Å²) >= 11 is 1.35. The lowest BCUT2D eigenvalue weighted by Gasteiger charge is -2.27. The van der Waals surface area contributed by atoms with Crippen molar-refractivity contribution in [2.24, 2.45) is 7.05 Å². The Kier molecular flexibility index (Phi) is 4.70. The highest BCUT2D eigenvalue weighted by Gasteiger charge is 2.27. The second kappa shape index (κ2) is 7.05. The Labute approximate surface area is 165 Å². The van der Waals surface area contributed by atoms with Crippen LogP contribution in [0.15, 0.2) is 30.3 Å². The minimum atomic E-state index is -0.562. The molecule has 1 aliphatic heterocycles. The van der Waals surface area contributed by atoms with Gasteiger partial charge in [-0.2, -0.15) is 0 Å². The van der Waals surface area contributed by atoms with E-state index in [1.54, 1.807) is 23.4 Å². The van der Waals surface area contributed by atoms with Gasteiger partial charge in [0, 0.05) is 35.9 Å². The van der Waals surface area contributed by atoms with E-state index in [0.717, 1.165) is 26.9 Å². The van der Waals surface area contributed by atoms with Gasteiger partial charge in [-0.15, -0.1) is 11.3 Å². The second-order valence-electron chi connectivity index (χ2n) is 7.06. The first-order valence-corrected chi connectivity index (χ1v) is 9.83. The standard InChI is InChI=1S/C20H21N3O4S/c1-11(24)12-3-4-15-13(7-12)8-16(22(15)2)20(26)23-6-5-17-14(10-23)9-18(28-17)19(25)21-27/h3-4,7-9,11,24,27H,5-6,10H2,1-2H3,(H,21,25). The van der Waals surface area contributed by atoms with Crippen molar-refractivity contribution in [3.63, 3.8) is 0 Å². The van der Waals surface area contributed by atoms with E-state index in [0.29, 0.717) is 30.1 Å². The molecule has 0 spiro atoms. The van der Waals surface area contributed by atoms with Crippen LogP contribution in [0.25, 0.3) is 10.9 Å². The summed E-state index contributed by atoms with van der Waals surface area (Å²) in [5, 5.41) is 19.5. The van der Waals surface area contributed by atoms with Crippen LogP contribution in [0.4, 0.5) is 0 Å². The van der Waals surface area contributed by atoms with Crippen molar-refractivity contribution in [3.8, 4) is 0 Å². The number of hydrogen-bond acceptors (Lipinski definition) is 5. The first-order chi connectivity index (χ1) is 13.4. The number of rotatable bonds is 3. The molecule has 0 saturated heterocycles. The predicted molar refractivity (Wildman–Crippen MR) is 106 cm³/mol. The van der Waals surface area contributed by atoms with Gasteiger partial charge in [0.15, 0.2) is 0 Å². The van der Waals surface area contributed by atoms with Crippen molar-refractivity contribution in [3.05, 3.63) is 56.9 Å². The van der Waals surface area contributed by atoms with E-state index in [4.69, 9.17) is 5.21 Å². The molecule has 28 heavy (non-hydrogen) atoms. The average Bonchev–Trinajstić information content (AvgIpc) is 3.27. The quantitative estimate of drug-likeness (QED) is 0.466. The van der Waals surface area contributed by atoms with Crippen molar-refractivity contribution in [2.45, 2.75) is 26.0 Å². The van der Waals surface area contributed by atoms with E-state index in [1.807, 2.05) is 35.9 Å². The molecular weight excluding hydrogens is 378 g/mol. The van der Waals surface area contributed by atoms with Crippen molar-refractivity contribution >= 4 is 34.1 Å². The number of aliphatic hydroxyl groups excluding tert-OH is 1. The molecule has 0 bridgehead atoms. The second-order valence-corrected chi connectivity index (χ2v) is 8.20. The molecule has 3 N–H and O–H groups in total. The van der Waals surface area contributed by atoms with Crippen LogP contribution < -0.4 is 5.48 Å². The van der Waals surface area contributed by atoms with E-state index < -0.39 is 12.0 Å². The zero-order chi connectivity index (χ0) is 20.0. The summed E-state index contributed by atoms with van der Waals surface area (Å²) < 4.78 is 1.87. The van der Waals surface area contributed by atoms with Gasteiger partial charge in [-0.3, -0.25) is 14.8 Å². The molecule has 2 amide bonds. The number of nitrogens with zero attached hydrogens (tertiary/aromatic N) is 2. The number of aliphatic hydroxyl groups is 1. The van der Waals surface area contributed by atoms with Crippen LogP contribution in [0.2, 0.25) is 0 Å². The van der Waals surface area contributed by atoms with Gasteiger partial charge in [-0.1, -0.05) is 6.07 Å². The molecule has 146 valence electrons. The largest absolute Gasteiger partial charge is 0.389 e. The molecular formula is C20H21N3O4S. The third-order valence-corrected chi connectivity index (χ3v) is 6.48. The van der Waals surface area contributed by atoms with E-state index in [1.165, 1.54) is 11.3 Å². The van der Waals surface area contributed by atoms with Crippen LogP contribution in [0.1, 0.15) is 49.2 Å². The highest BCUT2D eigenvalue weighted by atomic mass is 32.1. The lowest BCUT2D eigenvalue weighted by molar-refractivity contribution is 0.0710. The highest BCUT2D eigenvalue weighted by molar-refractivity contribution is 7.14. The minimum absolute atomic E-state index is 0.0673. The number of hydrogen-bond donors (Lipinski definition) is 3. The molecule has 1 unspecified atom stereocenters. The Balaban J connectivity index is 1.62. The third kappa shape index (κ3) is 3.09. The monoisotopic (exact) mass is 399 g/mol. The third-order valence-electron chi connectivity index (χ3n) is 5.25. The molecule has 1 aromatic carbocycles. The number of fused-ring (bicyclic) bond motifs is 2. The highest BCUT2D eigenvalue weighted by Crippen LogP contribution is 2.30. The number of thiophene rings is 1. The zero-order valence-corrected chi connectivity index (χ0v) is 16.4. The number of benzene rings is 1. The first kappa shape index (κ1) is 18.7.